The van der Waals surface area contributed by atoms with Gasteiger partial charge in [-0.3, -0.25) is 4.40 Å². The minimum absolute atomic E-state index is 0.284. The van der Waals surface area contributed by atoms with E-state index in [2.05, 4.69) is 10.2 Å². The predicted octanol–water partition coefficient (Wildman–Crippen LogP) is 3.19. The van der Waals surface area contributed by atoms with Crippen LogP contribution in [-0.2, 0) is 0 Å². The molecule has 2 heterocycles. The van der Waals surface area contributed by atoms with Gasteiger partial charge in [0.15, 0.2) is 11.5 Å². The van der Waals surface area contributed by atoms with E-state index < -0.39 is 0 Å². The van der Waals surface area contributed by atoms with Gasteiger partial charge in [-0.15, -0.1) is 10.2 Å². The maximum atomic E-state index is 12.9. The van der Waals surface area contributed by atoms with Crippen LogP contribution in [0.25, 0.3) is 17.0 Å². The van der Waals surface area contributed by atoms with Crippen LogP contribution in [0, 0.1) is 5.82 Å². The van der Waals surface area contributed by atoms with Gasteiger partial charge in [-0.05, 0) is 36.4 Å². The van der Waals surface area contributed by atoms with Crippen LogP contribution in [0.15, 0.2) is 42.5 Å². The van der Waals surface area contributed by atoms with Gasteiger partial charge < -0.3 is 0 Å². The van der Waals surface area contributed by atoms with Gasteiger partial charge in [-0.25, -0.2) is 4.39 Å². The van der Waals surface area contributed by atoms with Crippen molar-refractivity contribution in [2.24, 2.45) is 0 Å². The molecule has 0 radical (unpaired) electrons. The third-order valence-electron chi connectivity index (χ3n) is 2.48. The molecule has 17 heavy (non-hydrogen) atoms. The van der Waals surface area contributed by atoms with E-state index in [-0.39, 0.29) is 5.82 Å². The molecular formula is C12H7ClFN3. The van der Waals surface area contributed by atoms with Gasteiger partial charge >= 0.3 is 0 Å². The number of nitrogens with zero attached hydrogens (tertiary/aromatic N) is 3. The Morgan fingerprint density at radius 2 is 1.76 bits per heavy atom. The molecule has 0 bridgehead atoms. The molecule has 0 saturated heterocycles. The highest BCUT2D eigenvalue weighted by Crippen LogP contribution is 2.22. The first-order chi connectivity index (χ1) is 8.25. The van der Waals surface area contributed by atoms with Gasteiger partial charge in [0, 0.05) is 5.56 Å². The number of hydrogen-bond acceptors (Lipinski definition) is 2. The molecule has 0 atom stereocenters. The summed E-state index contributed by atoms with van der Waals surface area (Å²) in [6.45, 7) is 0. The van der Waals surface area contributed by atoms with E-state index in [4.69, 9.17) is 11.6 Å². The lowest BCUT2D eigenvalue weighted by molar-refractivity contribution is 0.628. The minimum atomic E-state index is -0.284. The van der Waals surface area contributed by atoms with Crippen LogP contribution in [0.1, 0.15) is 0 Å². The zero-order valence-corrected chi connectivity index (χ0v) is 9.39. The molecule has 3 aromatic rings. The predicted molar refractivity (Wildman–Crippen MR) is 63.4 cm³/mol. The Morgan fingerprint density at radius 3 is 2.53 bits per heavy atom. The van der Waals surface area contributed by atoms with Crippen molar-refractivity contribution in [1.29, 1.82) is 0 Å². The van der Waals surface area contributed by atoms with Gasteiger partial charge in [0.25, 0.3) is 0 Å². The maximum absolute atomic E-state index is 12.9. The Morgan fingerprint density at radius 1 is 1.00 bits per heavy atom. The molecule has 0 N–H and O–H groups in total. The Kier molecular flexibility index (Phi) is 2.30. The van der Waals surface area contributed by atoms with Gasteiger partial charge in [-0.2, -0.15) is 0 Å². The second-order valence-electron chi connectivity index (χ2n) is 3.57. The molecule has 0 saturated carbocycles. The van der Waals surface area contributed by atoms with Gasteiger partial charge in [0.05, 0.1) is 0 Å². The highest BCUT2D eigenvalue weighted by atomic mass is 35.5. The fraction of sp³-hybridized carbons (Fsp3) is 0. The van der Waals surface area contributed by atoms with E-state index in [9.17, 15) is 4.39 Å². The maximum Gasteiger partial charge on any atom is 0.169 e. The van der Waals surface area contributed by atoms with Gasteiger partial charge in [0.2, 0.25) is 0 Å². The lowest BCUT2D eigenvalue weighted by Gasteiger charge is -2.01. The summed E-state index contributed by atoms with van der Waals surface area (Å²) in [7, 11) is 0. The SMILES string of the molecule is Fc1ccc(-c2nnc3cccc(Cl)n23)cc1. The largest absolute Gasteiger partial charge is 0.265 e. The molecule has 2 aromatic heterocycles. The molecular weight excluding hydrogens is 241 g/mol. The molecule has 0 unspecified atom stereocenters. The first-order valence-corrected chi connectivity index (χ1v) is 5.39. The Hall–Kier alpha value is -1.94. The summed E-state index contributed by atoms with van der Waals surface area (Å²) < 4.78 is 14.6. The summed E-state index contributed by atoms with van der Waals surface area (Å²) in [5.74, 6) is 0.319. The van der Waals surface area contributed by atoms with Crippen LogP contribution in [0.3, 0.4) is 0 Å². The number of pyridine rings is 1. The number of fused-ring (bicyclic) bond motifs is 1. The molecule has 0 aliphatic rings. The molecule has 3 nitrogen and oxygen atoms in total. The molecule has 5 heteroatoms. The number of rotatable bonds is 1. The van der Waals surface area contributed by atoms with Crippen LogP contribution in [0.5, 0.6) is 0 Å². The number of halogens is 2. The summed E-state index contributed by atoms with van der Waals surface area (Å²) in [5.41, 5.74) is 1.43. The van der Waals surface area contributed by atoms with Crippen LogP contribution < -0.4 is 0 Å². The van der Waals surface area contributed by atoms with Gasteiger partial charge in [0.1, 0.15) is 11.0 Å². The van der Waals surface area contributed by atoms with Crippen molar-refractivity contribution in [3.8, 4) is 11.4 Å². The van der Waals surface area contributed by atoms with Crippen molar-refractivity contribution in [3.63, 3.8) is 0 Å². The number of hydrogen-bond donors (Lipinski definition) is 0. The summed E-state index contributed by atoms with van der Waals surface area (Å²) >= 11 is 6.09. The van der Waals surface area contributed by atoms with Crippen LogP contribution >= 0.6 is 11.6 Å². The molecule has 3 rings (SSSR count). The van der Waals surface area contributed by atoms with Crippen molar-refractivity contribution in [1.82, 2.24) is 14.6 Å². The van der Waals surface area contributed by atoms with E-state index in [0.29, 0.717) is 16.6 Å². The first-order valence-electron chi connectivity index (χ1n) is 5.01. The summed E-state index contributed by atoms with van der Waals surface area (Å²) in [5, 5.41) is 8.60. The van der Waals surface area contributed by atoms with Crippen molar-refractivity contribution in [2.45, 2.75) is 0 Å². The van der Waals surface area contributed by atoms with Crippen molar-refractivity contribution < 1.29 is 4.39 Å². The smallest absolute Gasteiger partial charge is 0.169 e. The molecule has 84 valence electrons. The van der Waals surface area contributed by atoms with Crippen molar-refractivity contribution in [2.75, 3.05) is 0 Å². The zero-order valence-electron chi connectivity index (χ0n) is 8.64. The minimum Gasteiger partial charge on any atom is -0.265 e. The standard InChI is InChI=1S/C12H7ClFN3/c13-10-2-1-3-11-15-16-12(17(10)11)8-4-6-9(14)7-5-8/h1-7H. The fourth-order valence-electron chi connectivity index (χ4n) is 1.69. The second kappa shape index (κ2) is 3.82. The zero-order chi connectivity index (χ0) is 11.8. The molecule has 0 aliphatic heterocycles. The van der Waals surface area contributed by atoms with Gasteiger partial charge in [-0.1, -0.05) is 17.7 Å². The number of aromatic nitrogens is 3. The lowest BCUT2D eigenvalue weighted by Crippen LogP contribution is -1.90. The van der Waals surface area contributed by atoms with Crippen LogP contribution in [-0.4, -0.2) is 14.6 Å². The summed E-state index contributed by atoms with van der Waals surface area (Å²) in [4.78, 5) is 0. The monoisotopic (exact) mass is 247 g/mol. The molecule has 0 aliphatic carbocycles. The van der Waals surface area contributed by atoms with E-state index in [0.717, 1.165) is 5.56 Å². The first kappa shape index (κ1) is 10.2. The fourth-order valence-corrected chi connectivity index (χ4v) is 1.93. The third kappa shape index (κ3) is 1.66. The van der Waals surface area contributed by atoms with Crippen molar-refractivity contribution >= 4 is 17.2 Å². The molecule has 0 fully saturated rings. The van der Waals surface area contributed by atoms with E-state index in [1.165, 1.54) is 12.1 Å². The highest BCUT2D eigenvalue weighted by molar-refractivity contribution is 6.29. The third-order valence-corrected chi connectivity index (χ3v) is 2.78. The summed E-state index contributed by atoms with van der Waals surface area (Å²) in [6, 6.07) is 11.4. The average molecular weight is 248 g/mol. The molecule has 0 spiro atoms. The topological polar surface area (TPSA) is 30.2 Å². The van der Waals surface area contributed by atoms with E-state index in [1.807, 2.05) is 6.07 Å². The number of benzene rings is 1. The highest BCUT2D eigenvalue weighted by Gasteiger charge is 2.09. The Labute approximate surface area is 101 Å². The Bertz CT molecular complexity index is 676. The van der Waals surface area contributed by atoms with E-state index in [1.54, 1.807) is 28.7 Å². The van der Waals surface area contributed by atoms with Crippen molar-refractivity contribution in [3.05, 3.63) is 53.4 Å². The quantitative estimate of drug-likeness (QED) is 0.618. The molecule has 1 aromatic carbocycles. The van der Waals surface area contributed by atoms with E-state index >= 15 is 0 Å². The average Bonchev–Trinajstić information content (AvgIpc) is 2.75. The normalized spacial score (nSPS) is 10.9. The van der Waals surface area contributed by atoms with Crippen LogP contribution in [0.4, 0.5) is 4.39 Å². The second-order valence-corrected chi connectivity index (χ2v) is 3.96. The lowest BCUT2D eigenvalue weighted by atomic mass is 10.2. The molecule has 0 amide bonds. The summed E-state index contributed by atoms with van der Waals surface area (Å²) in [6.07, 6.45) is 0. The Balaban J connectivity index is 2.27. The van der Waals surface area contributed by atoms with Crippen LogP contribution in [0.2, 0.25) is 5.15 Å².